The van der Waals surface area contributed by atoms with Crippen molar-refractivity contribution in [2.75, 3.05) is 17.7 Å². The Morgan fingerprint density at radius 2 is 1.88 bits per heavy atom. The minimum atomic E-state index is -0.357. The summed E-state index contributed by atoms with van der Waals surface area (Å²) in [7, 11) is 1.54. The molecule has 1 aromatic heterocycles. The molecule has 0 atom stereocenters. The lowest BCUT2D eigenvalue weighted by atomic mass is 10.2. The van der Waals surface area contributed by atoms with Crippen LogP contribution in [0, 0.1) is 5.82 Å². The van der Waals surface area contributed by atoms with Crippen molar-refractivity contribution in [3.63, 3.8) is 0 Å². The summed E-state index contributed by atoms with van der Waals surface area (Å²) in [5.41, 5.74) is 2.03. The van der Waals surface area contributed by atoms with E-state index in [4.69, 9.17) is 4.74 Å². The van der Waals surface area contributed by atoms with Crippen molar-refractivity contribution < 1.29 is 13.9 Å². The quantitative estimate of drug-likeness (QED) is 0.702. The number of amides is 1. The van der Waals surface area contributed by atoms with Gasteiger partial charge in [-0.15, -0.1) is 0 Å². The number of anilines is 2. The van der Waals surface area contributed by atoms with Crippen molar-refractivity contribution in [2.45, 2.75) is 6.54 Å². The van der Waals surface area contributed by atoms with Gasteiger partial charge < -0.3 is 15.4 Å². The van der Waals surface area contributed by atoms with Gasteiger partial charge >= 0.3 is 0 Å². The molecule has 6 heteroatoms. The fraction of sp³-hybridized carbons (Fsp3) is 0.100. The van der Waals surface area contributed by atoms with Gasteiger partial charge in [0.25, 0.3) is 5.91 Å². The van der Waals surface area contributed by atoms with Crippen LogP contribution in [0.5, 0.6) is 5.75 Å². The normalized spacial score (nSPS) is 10.2. The first-order chi connectivity index (χ1) is 12.7. The van der Waals surface area contributed by atoms with E-state index in [2.05, 4.69) is 15.6 Å². The Kier molecular flexibility index (Phi) is 5.43. The van der Waals surface area contributed by atoms with Crippen molar-refractivity contribution in [2.24, 2.45) is 0 Å². The van der Waals surface area contributed by atoms with Gasteiger partial charge in [0.2, 0.25) is 0 Å². The predicted octanol–water partition coefficient (Wildman–Crippen LogP) is 4.09. The molecule has 1 heterocycles. The van der Waals surface area contributed by atoms with Gasteiger partial charge in [-0.2, -0.15) is 0 Å². The lowest BCUT2D eigenvalue weighted by molar-refractivity contribution is 0.102. The average molecular weight is 351 g/mol. The van der Waals surface area contributed by atoms with Gasteiger partial charge in [-0.25, -0.2) is 4.39 Å². The lowest BCUT2D eigenvalue weighted by Gasteiger charge is -2.11. The first-order valence-corrected chi connectivity index (χ1v) is 8.05. The monoisotopic (exact) mass is 351 g/mol. The molecule has 0 fully saturated rings. The molecule has 0 spiro atoms. The molecule has 0 radical (unpaired) electrons. The molecule has 132 valence electrons. The van der Waals surface area contributed by atoms with Crippen LogP contribution in [0.1, 0.15) is 16.1 Å². The van der Waals surface area contributed by atoms with Gasteiger partial charge in [-0.05, 0) is 30.3 Å². The molecule has 3 aromatic rings. The number of hydrogen-bond donors (Lipinski definition) is 2. The van der Waals surface area contributed by atoms with E-state index in [0.29, 0.717) is 29.2 Å². The number of carbonyl (C=O) groups is 1. The molecule has 5 nitrogen and oxygen atoms in total. The van der Waals surface area contributed by atoms with E-state index in [1.807, 2.05) is 6.07 Å². The Hall–Kier alpha value is -3.41. The van der Waals surface area contributed by atoms with Crippen molar-refractivity contribution >= 4 is 17.3 Å². The molecular weight excluding hydrogens is 333 g/mol. The first-order valence-electron chi connectivity index (χ1n) is 8.05. The fourth-order valence-corrected chi connectivity index (χ4v) is 2.44. The highest BCUT2D eigenvalue weighted by atomic mass is 19.1. The Morgan fingerprint density at radius 3 is 2.69 bits per heavy atom. The zero-order chi connectivity index (χ0) is 18.4. The van der Waals surface area contributed by atoms with Crippen LogP contribution < -0.4 is 15.4 Å². The van der Waals surface area contributed by atoms with Gasteiger partial charge in [-0.1, -0.05) is 30.3 Å². The number of halogens is 1. The number of para-hydroxylation sites is 2. The van der Waals surface area contributed by atoms with E-state index in [1.54, 1.807) is 48.5 Å². The second-order valence-electron chi connectivity index (χ2n) is 5.53. The number of nitrogens with one attached hydrogen (secondary N) is 2. The molecule has 26 heavy (non-hydrogen) atoms. The number of benzene rings is 2. The minimum Gasteiger partial charge on any atom is -0.495 e. The molecular formula is C20H18FN3O2. The van der Waals surface area contributed by atoms with Gasteiger partial charge in [0, 0.05) is 24.0 Å². The van der Waals surface area contributed by atoms with E-state index < -0.39 is 0 Å². The number of pyridine rings is 1. The van der Waals surface area contributed by atoms with Crippen LogP contribution in [0.25, 0.3) is 0 Å². The lowest BCUT2D eigenvalue weighted by Crippen LogP contribution is -2.14. The van der Waals surface area contributed by atoms with Crippen LogP contribution in [0.2, 0.25) is 0 Å². The number of methoxy groups -OCH3 is 1. The topological polar surface area (TPSA) is 63.2 Å². The molecule has 0 aliphatic carbocycles. The van der Waals surface area contributed by atoms with Crippen LogP contribution in [-0.4, -0.2) is 18.0 Å². The SMILES string of the molecule is COc1ccccc1NC(=O)c1cc(NCc2ccccc2F)ccn1. The molecule has 2 N–H and O–H groups in total. The highest BCUT2D eigenvalue weighted by molar-refractivity contribution is 6.04. The van der Waals surface area contributed by atoms with Crippen LogP contribution in [0.3, 0.4) is 0 Å². The van der Waals surface area contributed by atoms with Crippen LogP contribution in [0.15, 0.2) is 66.9 Å². The molecule has 3 rings (SSSR count). The Morgan fingerprint density at radius 1 is 1.12 bits per heavy atom. The van der Waals surface area contributed by atoms with Gasteiger partial charge in [-0.3, -0.25) is 9.78 Å². The molecule has 0 saturated heterocycles. The zero-order valence-corrected chi connectivity index (χ0v) is 14.2. The molecule has 0 unspecified atom stereocenters. The summed E-state index contributed by atoms with van der Waals surface area (Å²) in [5.74, 6) is -0.0677. The Balaban J connectivity index is 1.70. The molecule has 0 bridgehead atoms. The summed E-state index contributed by atoms with van der Waals surface area (Å²) in [5, 5.41) is 5.87. The summed E-state index contributed by atoms with van der Waals surface area (Å²) >= 11 is 0. The standard InChI is InChI=1S/C20H18FN3O2/c1-26-19-9-5-4-8-17(19)24-20(25)18-12-15(10-11-22-18)23-13-14-6-2-3-7-16(14)21/h2-12H,13H2,1H3,(H,22,23)(H,24,25). The van der Waals surface area contributed by atoms with Gasteiger partial charge in [0.15, 0.2) is 0 Å². The maximum absolute atomic E-state index is 13.7. The zero-order valence-electron chi connectivity index (χ0n) is 14.2. The highest BCUT2D eigenvalue weighted by Crippen LogP contribution is 2.23. The number of nitrogens with zero attached hydrogens (tertiary/aromatic N) is 1. The van der Waals surface area contributed by atoms with Crippen molar-refractivity contribution in [1.29, 1.82) is 0 Å². The largest absolute Gasteiger partial charge is 0.495 e. The van der Waals surface area contributed by atoms with Crippen LogP contribution in [-0.2, 0) is 6.54 Å². The van der Waals surface area contributed by atoms with Crippen molar-refractivity contribution in [1.82, 2.24) is 4.98 Å². The summed E-state index contributed by atoms with van der Waals surface area (Å²) in [6, 6.07) is 17.0. The first kappa shape index (κ1) is 17.4. The Labute approximate surface area is 150 Å². The maximum atomic E-state index is 13.7. The summed E-state index contributed by atoms with van der Waals surface area (Å²) in [6.07, 6.45) is 1.53. The van der Waals surface area contributed by atoms with Crippen molar-refractivity contribution in [3.8, 4) is 5.75 Å². The van der Waals surface area contributed by atoms with E-state index in [1.165, 1.54) is 19.4 Å². The predicted molar refractivity (Wildman–Crippen MR) is 98.9 cm³/mol. The van der Waals surface area contributed by atoms with Crippen LogP contribution in [0.4, 0.5) is 15.8 Å². The summed E-state index contributed by atoms with van der Waals surface area (Å²) in [4.78, 5) is 16.5. The molecule has 1 amide bonds. The number of carbonyl (C=O) groups excluding carboxylic acids is 1. The summed E-state index contributed by atoms with van der Waals surface area (Å²) in [6.45, 7) is 0.310. The molecule has 2 aromatic carbocycles. The number of ether oxygens (including phenoxy) is 1. The molecule has 0 aliphatic rings. The number of hydrogen-bond acceptors (Lipinski definition) is 4. The third kappa shape index (κ3) is 4.16. The summed E-state index contributed by atoms with van der Waals surface area (Å²) < 4.78 is 18.9. The second kappa shape index (κ2) is 8.11. The van der Waals surface area contributed by atoms with E-state index >= 15 is 0 Å². The molecule has 0 aliphatic heterocycles. The third-order valence-corrected chi connectivity index (χ3v) is 3.79. The minimum absolute atomic E-state index is 0.245. The van der Waals surface area contributed by atoms with E-state index in [9.17, 15) is 9.18 Å². The second-order valence-corrected chi connectivity index (χ2v) is 5.53. The fourth-order valence-electron chi connectivity index (χ4n) is 2.44. The van der Waals surface area contributed by atoms with E-state index in [0.717, 1.165) is 0 Å². The molecule has 0 saturated carbocycles. The highest BCUT2D eigenvalue weighted by Gasteiger charge is 2.11. The average Bonchev–Trinajstić information content (AvgIpc) is 2.68. The van der Waals surface area contributed by atoms with E-state index in [-0.39, 0.29) is 17.4 Å². The van der Waals surface area contributed by atoms with Gasteiger partial charge in [0.1, 0.15) is 17.3 Å². The number of rotatable bonds is 6. The van der Waals surface area contributed by atoms with Gasteiger partial charge in [0.05, 0.1) is 12.8 Å². The van der Waals surface area contributed by atoms with Crippen molar-refractivity contribution in [3.05, 3.63) is 83.9 Å². The smallest absolute Gasteiger partial charge is 0.274 e. The third-order valence-electron chi connectivity index (χ3n) is 3.79. The maximum Gasteiger partial charge on any atom is 0.274 e. The number of aromatic nitrogens is 1. The van der Waals surface area contributed by atoms with Crippen LogP contribution >= 0.6 is 0 Å². The Bertz CT molecular complexity index is 915.